The van der Waals surface area contributed by atoms with Gasteiger partial charge in [0.05, 0.1) is 13.2 Å². The van der Waals surface area contributed by atoms with Gasteiger partial charge < -0.3 is 15.0 Å². The summed E-state index contributed by atoms with van der Waals surface area (Å²) in [5, 5.41) is 3.21. The Morgan fingerprint density at radius 1 is 1.35 bits per heavy atom. The van der Waals surface area contributed by atoms with Crippen LogP contribution in [0.3, 0.4) is 0 Å². The van der Waals surface area contributed by atoms with Gasteiger partial charge in [0.2, 0.25) is 0 Å². The summed E-state index contributed by atoms with van der Waals surface area (Å²) in [6.45, 7) is 5.59. The second kappa shape index (κ2) is 5.68. The van der Waals surface area contributed by atoms with Gasteiger partial charge in [-0.2, -0.15) is 0 Å². The van der Waals surface area contributed by atoms with Crippen molar-refractivity contribution in [3.63, 3.8) is 0 Å². The van der Waals surface area contributed by atoms with Crippen molar-refractivity contribution in [1.82, 2.24) is 4.90 Å². The van der Waals surface area contributed by atoms with Crippen LogP contribution in [0.1, 0.15) is 18.7 Å². The smallest absolute Gasteiger partial charge is 0.254 e. The number of morpholine rings is 1. The van der Waals surface area contributed by atoms with Crippen molar-refractivity contribution in [1.29, 1.82) is 0 Å². The summed E-state index contributed by atoms with van der Waals surface area (Å²) in [6.07, 6.45) is 0. The number of hydrogen-bond donors (Lipinski definition) is 1. The average Bonchev–Trinajstić information content (AvgIpc) is 2.40. The van der Waals surface area contributed by atoms with Gasteiger partial charge in [0, 0.05) is 32.3 Å². The molecule has 1 saturated heterocycles. The van der Waals surface area contributed by atoms with Crippen LogP contribution in [0.15, 0.2) is 24.3 Å². The highest BCUT2D eigenvalue weighted by Gasteiger charge is 2.17. The van der Waals surface area contributed by atoms with E-state index in [2.05, 4.69) is 5.32 Å². The molecular formula is C13H20N2O2. The van der Waals surface area contributed by atoms with Gasteiger partial charge in [-0.15, -0.1) is 0 Å². The van der Waals surface area contributed by atoms with E-state index in [4.69, 9.17) is 4.74 Å². The number of ether oxygens (including phenoxy) is 1. The first-order valence-corrected chi connectivity index (χ1v) is 6.02. The normalized spacial score (nSPS) is 15.7. The minimum atomic E-state index is 0. The summed E-state index contributed by atoms with van der Waals surface area (Å²) >= 11 is 0. The van der Waals surface area contributed by atoms with Crippen LogP contribution in [0.2, 0.25) is 0 Å². The number of carbonyl (C=O) groups is 1. The molecule has 1 aromatic carbocycles. The van der Waals surface area contributed by atoms with Gasteiger partial charge in [0.15, 0.2) is 0 Å². The van der Waals surface area contributed by atoms with Gasteiger partial charge in [0.1, 0.15) is 0 Å². The Labute approximate surface area is 103 Å². The lowest BCUT2D eigenvalue weighted by atomic mass is 10.1. The Balaban J connectivity index is 0.00000162. The number of rotatable bonds is 3. The molecule has 1 amide bonds. The minimum absolute atomic E-state index is 0. The molecule has 17 heavy (non-hydrogen) atoms. The molecule has 0 saturated carbocycles. The van der Waals surface area contributed by atoms with E-state index in [9.17, 15) is 4.79 Å². The third-order valence-electron chi connectivity index (χ3n) is 2.81. The van der Waals surface area contributed by atoms with Crippen LogP contribution in [0.4, 0.5) is 5.69 Å². The molecule has 1 aliphatic rings. The zero-order valence-electron chi connectivity index (χ0n) is 10.1. The van der Waals surface area contributed by atoms with Crippen LogP contribution in [-0.2, 0) is 4.74 Å². The average molecular weight is 236 g/mol. The van der Waals surface area contributed by atoms with E-state index in [1.54, 1.807) is 0 Å². The maximum atomic E-state index is 12.1. The molecule has 1 heterocycles. The molecule has 0 unspecified atom stereocenters. The SMILES string of the molecule is CCNc1ccc(C(=O)N2CCOCC2)cc1.[HH]. The minimum Gasteiger partial charge on any atom is -0.385 e. The lowest BCUT2D eigenvalue weighted by molar-refractivity contribution is 0.0303. The molecule has 4 heteroatoms. The summed E-state index contributed by atoms with van der Waals surface area (Å²) in [5.74, 6) is 0.0938. The van der Waals surface area contributed by atoms with Crippen molar-refractivity contribution in [3.05, 3.63) is 29.8 Å². The zero-order chi connectivity index (χ0) is 12.1. The van der Waals surface area contributed by atoms with Crippen molar-refractivity contribution in [2.45, 2.75) is 6.92 Å². The second-order valence-electron chi connectivity index (χ2n) is 4.01. The first-order valence-electron chi connectivity index (χ1n) is 6.02. The highest BCUT2D eigenvalue weighted by molar-refractivity contribution is 5.94. The zero-order valence-corrected chi connectivity index (χ0v) is 10.1. The molecule has 0 aliphatic carbocycles. The maximum Gasteiger partial charge on any atom is 0.254 e. The fourth-order valence-electron chi connectivity index (χ4n) is 1.88. The topological polar surface area (TPSA) is 41.6 Å². The predicted octanol–water partition coefficient (Wildman–Crippen LogP) is 1.84. The first kappa shape index (κ1) is 11.9. The first-order chi connectivity index (χ1) is 8.31. The lowest BCUT2D eigenvalue weighted by Crippen LogP contribution is -2.40. The van der Waals surface area contributed by atoms with E-state index in [-0.39, 0.29) is 7.33 Å². The number of nitrogens with one attached hydrogen (secondary N) is 1. The standard InChI is InChI=1S/C13H18N2O2.H2/c1-2-14-12-5-3-11(4-6-12)13(16)15-7-9-17-10-8-15;/h3-6,14H,2,7-10H2,1H3;1H. The molecule has 4 nitrogen and oxygen atoms in total. The number of nitrogens with zero attached hydrogens (tertiary/aromatic N) is 1. The molecule has 1 N–H and O–H groups in total. The summed E-state index contributed by atoms with van der Waals surface area (Å²) in [7, 11) is 0. The van der Waals surface area contributed by atoms with Gasteiger partial charge in [-0.25, -0.2) is 0 Å². The van der Waals surface area contributed by atoms with Crippen LogP contribution in [-0.4, -0.2) is 43.7 Å². The van der Waals surface area contributed by atoms with Gasteiger partial charge in [-0.05, 0) is 31.2 Å². The number of anilines is 1. The van der Waals surface area contributed by atoms with Crippen molar-refractivity contribution in [2.24, 2.45) is 0 Å². The van der Waals surface area contributed by atoms with E-state index < -0.39 is 0 Å². The summed E-state index contributed by atoms with van der Waals surface area (Å²) in [5.41, 5.74) is 1.79. The van der Waals surface area contributed by atoms with Crippen molar-refractivity contribution >= 4 is 11.6 Å². The molecule has 0 atom stereocenters. The highest BCUT2D eigenvalue weighted by atomic mass is 16.5. The van der Waals surface area contributed by atoms with Crippen LogP contribution < -0.4 is 5.32 Å². The summed E-state index contributed by atoms with van der Waals surface area (Å²) in [6, 6.07) is 7.62. The van der Waals surface area contributed by atoms with Gasteiger partial charge >= 0.3 is 0 Å². The molecule has 1 fully saturated rings. The molecule has 94 valence electrons. The predicted molar refractivity (Wildman–Crippen MR) is 69.4 cm³/mol. The molecule has 0 radical (unpaired) electrons. The van der Waals surface area contributed by atoms with Gasteiger partial charge in [0.25, 0.3) is 5.91 Å². The van der Waals surface area contributed by atoms with E-state index >= 15 is 0 Å². The fourth-order valence-corrected chi connectivity index (χ4v) is 1.88. The van der Waals surface area contributed by atoms with Crippen molar-refractivity contribution in [2.75, 3.05) is 38.2 Å². The molecule has 1 aliphatic heterocycles. The van der Waals surface area contributed by atoms with E-state index in [0.717, 1.165) is 17.8 Å². The monoisotopic (exact) mass is 236 g/mol. The van der Waals surface area contributed by atoms with E-state index in [1.807, 2.05) is 36.1 Å². The third-order valence-corrected chi connectivity index (χ3v) is 2.81. The third kappa shape index (κ3) is 2.97. The van der Waals surface area contributed by atoms with Crippen LogP contribution >= 0.6 is 0 Å². The lowest BCUT2D eigenvalue weighted by Gasteiger charge is -2.26. The quantitative estimate of drug-likeness (QED) is 0.870. The van der Waals surface area contributed by atoms with Crippen LogP contribution in [0.25, 0.3) is 0 Å². The molecule has 0 spiro atoms. The Morgan fingerprint density at radius 2 is 2.00 bits per heavy atom. The molecule has 0 aromatic heterocycles. The number of carbonyl (C=O) groups excluding carboxylic acids is 1. The number of benzene rings is 1. The summed E-state index contributed by atoms with van der Waals surface area (Å²) in [4.78, 5) is 14.0. The molecule has 1 aromatic rings. The fraction of sp³-hybridized carbons (Fsp3) is 0.462. The number of amides is 1. The maximum absolute atomic E-state index is 12.1. The largest absolute Gasteiger partial charge is 0.385 e. The summed E-state index contributed by atoms with van der Waals surface area (Å²) < 4.78 is 5.23. The van der Waals surface area contributed by atoms with Crippen molar-refractivity contribution in [3.8, 4) is 0 Å². The van der Waals surface area contributed by atoms with Crippen LogP contribution in [0, 0.1) is 0 Å². The van der Waals surface area contributed by atoms with E-state index in [0.29, 0.717) is 26.3 Å². The highest BCUT2D eigenvalue weighted by Crippen LogP contribution is 2.12. The Kier molecular flexibility index (Phi) is 3.98. The van der Waals surface area contributed by atoms with Crippen LogP contribution in [0.5, 0.6) is 0 Å². The number of hydrogen-bond acceptors (Lipinski definition) is 3. The molecule has 0 bridgehead atoms. The van der Waals surface area contributed by atoms with Gasteiger partial charge in [-0.3, -0.25) is 4.79 Å². The van der Waals surface area contributed by atoms with E-state index in [1.165, 1.54) is 0 Å². The van der Waals surface area contributed by atoms with Crippen molar-refractivity contribution < 1.29 is 11.0 Å². The van der Waals surface area contributed by atoms with Gasteiger partial charge in [-0.1, -0.05) is 0 Å². The Morgan fingerprint density at radius 3 is 2.59 bits per heavy atom. The Hall–Kier alpha value is -1.55. The molecule has 2 rings (SSSR count). The Bertz CT molecular complexity index is 375. The molecular weight excluding hydrogens is 216 g/mol. The second-order valence-corrected chi connectivity index (χ2v) is 4.01.